The van der Waals surface area contributed by atoms with Gasteiger partial charge in [0.15, 0.2) is 10.6 Å². The largest absolute Gasteiger partial charge is 0.314 e. The van der Waals surface area contributed by atoms with E-state index >= 15 is 0 Å². The molecule has 1 aromatic heterocycles. The van der Waals surface area contributed by atoms with Crippen molar-refractivity contribution >= 4 is 37.5 Å². The van der Waals surface area contributed by atoms with E-state index in [0.717, 1.165) is 17.4 Å². The molecule has 0 unspecified atom stereocenters. The van der Waals surface area contributed by atoms with Gasteiger partial charge >= 0.3 is 0 Å². The molecule has 0 N–H and O–H groups in total. The molecular weight excluding hydrogens is 456 g/mol. The quantitative estimate of drug-likeness (QED) is 0.459. The number of hydrogen-bond donors (Lipinski definition) is 0. The van der Waals surface area contributed by atoms with Crippen LogP contribution in [-0.4, -0.2) is 36.3 Å². The molecule has 6 nitrogen and oxygen atoms in total. The van der Waals surface area contributed by atoms with Crippen LogP contribution in [0.25, 0.3) is 10.2 Å². The lowest BCUT2D eigenvalue weighted by atomic mass is 10.2. The van der Waals surface area contributed by atoms with Crippen LogP contribution in [0.2, 0.25) is 0 Å². The van der Waals surface area contributed by atoms with Gasteiger partial charge in [0.25, 0.3) is 5.91 Å². The zero-order valence-corrected chi connectivity index (χ0v) is 18.9. The third-order valence-electron chi connectivity index (χ3n) is 4.61. The highest BCUT2D eigenvalue weighted by Crippen LogP contribution is 2.22. The van der Waals surface area contributed by atoms with Crippen LogP contribution in [0.4, 0.5) is 8.78 Å². The van der Waals surface area contributed by atoms with Crippen molar-refractivity contribution in [3.63, 3.8) is 0 Å². The van der Waals surface area contributed by atoms with Gasteiger partial charge in [-0.15, -0.1) is 13.2 Å². The molecule has 10 heteroatoms. The number of carbonyl (C=O) groups is 1. The molecule has 0 radical (unpaired) electrons. The third kappa shape index (κ3) is 4.62. The predicted molar refractivity (Wildman–Crippen MR) is 121 cm³/mol. The van der Waals surface area contributed by atoms with Crippen molar-refractivity contribution in [3.8, 4) is 0 Å². The topological polar surface area (TPSA) is 71.7 Å². The Labute approximate surface area is 188 Å². The number of fused-ring (bicyclic) bond motifs is 1. The first kappa shape index (κ1) is 23.7. The maximum Gasteiger partial charge on any atom is 0.279 e. The Morgan fingerprint density at radius 3 is 2.34 bits per heavy atom. The van der Waals surface area contributed by atoms with Crippen molar-refractivity contribution in [2.45, 2.75) is 18.4 Å². The van der Waals surface area contributed by atoms with Crippen LogP contribution in [-0.2, 0) is 16.6 Å². The molecule has 1 heterocycles. The molecule has 0 aliphatic carbocycles. The number of thiazole rings is 1. The number of aromatic nitrogens is 1. The van der Waals surface area contributed by atoms with Crippen LogP contribution in [0, 0.1) is 11.6 Å². The van der Waals surface area contributed by atoms with Crippen molar-refractivity contribution < 1.29 is 22.0 Å². The summed E-state index contributed by atoms with van der Waals surface area (Å²) in [5, 5.41) is 0. The monoisotopic (exact) mass is 477 g/mol. The summed E-state index contributed by atoms with van der Waals surface area (Å²) in [4.78, 5) is 17.0. The molecular formula is C22H21F2N3O3S2. The molecule has 0 aliphatic heterocycles. The molecule has 3 rings (SSSR count). The lowest BCUT2D eigenvalue weighted by molar-refractivity contribution is 0.0997. The number of benzene rings is 2. The summed E-state index contributed by atoms with van der Waals surface area (Å²) < 4.78 is 56.4. The normalized spacial score (nSPS) is 12.4. The van der Waals surface area contributed by atoms with Crippen LogP contribution in [0.5, 0.6) is 0 Å². The van der Waals surface area contributed by atoms with E-state index in [1.807, 2.05) is 0 Å². The first-order chi connectivity index (χ1) is 15.2. The molecule has 168 valence electrons. The molecule has 0 saturated carbocycles. The van der Waals surface area contributed by atoms with Crippen LogP contribution in [0.15, 0.2) is 71.6 Å². The maximum absolute atomic E-state index is 14.2. The van der Waals surface area contributed by atoms with E-state index < -0.39 is 27.6 Å². The van der Waals surface area contributed by atoms with E-state index in [2.05, 4.69) is 18.2 Å². The fourth-order valence-electron chi connectivity index (χ4n) is 3.14. The highest BCUT2D eigenvalue weighted by molar-refractivity contribution is 7.89. The fourth-order valence-corrected chi connectivity index (χ4v) is 5.65. The summed E-state index contributed by atoms with van der Waals surface area (Å²) in [6.07, 6.45) is 2.95. The maximum atomic E-state index is 14.2. The standard InChI is InChI=1S/C22H21F2N3O3S2/c1-4-11-26(12-5-2)32(29,30)17-9-7-15(8-10-17)21(28)25-22-27(6-3)20-18(24)13-16(23)14-19(20)31-22/h4-5,7-10,13-14H,1-2,6,11-12H2,3H3. The zero-order valence-electron chi connectivity index (χ0n) is 17.3. The van der Waals surface area contributed by atoms with Gasteiger partial charge in [0, 0.05) is 31.3 Å². The minimum absolute atomic E-state index is 0.0146. The second-order valence-electron chi connectivity index (χ2n) is 6.70. The first-order valence-electron chi connectivity index (χ1n) is 9.62. The summed E-state index contributed by atoms with van der Waals surface area (Å²) >= 11 is 0.996. The Morgan fingerprint density at radius 2 is 1.78 bits per heavy atom. The third-order valence-corrected chi connectivity index (χ3v) is 7.48. The van der Waals surface area contributed by atoms with E-state index in [9.17, 15) is 22.0 Å². The van der Waals surface area contributed by atoms with Crippen molar-refractivity contribution in [3.05, 3.63) is 83.7 Å². The van der Waals surface area contributed by atoms with E-state index in [0.29, 0.717) is 11.2 Å². The number of halogens is 2. The second-order valence-corrected chi connectivity index (χ2v) is 9.65. The second kappa shape index (κ2) is 9.68. The van der Waals surface area contributed by atoms with Gasteiger partial charge in [-0.3, -0.25) is 4.79 Å². The molecule has 0 aliphatic rings. The summed E-state index contributed by atoms with van der Waals surface area (Å²) in [5.41, 5.74) is 0.339. The SMILES string of the molecule is C=CCN(CC=C)S(=O)(=O)c1ccc(C(=O)N=c2sc3cc(F)cc(F)c3n2CC)cc1. The molecule has 2 aromatic carbocycles. The lowest BCUT2D eigenvalue weighted by Gasteiger charge is -2.19. The average Bonchev–Trinajstić information content (AvgIpc) is 3.10. The lowest BCUT2D eigenvalue weighted by Crippen LogP contribution is -2.31. The van der Waals surface area contributed by atoms with E-state index in [1.165, 1.54) is 51.4 Å². The summed E-state index contributed by atoms with van der Waals surface area (Å²) in [7, 11) is -3.79. The van der Waals surface area contributed by atoms with Crippen LogP contribution in [0.1, 0.15) is 17.3 Å². The minimum atomic E-state index is -3.79. The molecule has 0 atom stereocenters. The number of carbonyl (C=O) groups excluding carboxylic acids is 1. The van der Waals surface area contributed by atoms with E-state index in [-0.39, 0.29) is 33.9 Å². The van der Waals surface area contributed by atoms with Gasteiger partial charge in [-0.1, -0.05) is 23.5 Å². The summed E-state index contributed by atoms with van der Waals surface area (Å²) in [6.45, 7) is 9.45. The molecule has 0 bridgehead atoms. The van der Waals surface area contributed by atoms with Gasteiger partial charge in [-0.05, 0) is 37.3 Å². The molecule has 0 fully saturated rings. The average molecular weight is 478 g/mol. The summed E-state index contributed by atoms with van der Waals surface area (Å²) in [5.74, 6) is -2.07. The molecule has 32 heavy (non-hydrogen) atoms. The van der Waals surface area contributed by atoms with Crippen LogP contribution >= 0.6 is 11.3 Å². The molecule has 0 saturated heterocycles. The Hall–Kier alpha value is -2.95. The van der Waals surface area contributed by atoms with Gasteiger partial charge in [0.05, 0.1) is 15.1 Å². The van der Waals surface area contributed by atoms with E-state index in [1.54, 1.807) is 6.92 Å². The highest BCUT2D eigenvalue weighted by atomic mass is 32.2. The molecule has 0 spiro atoms. The van der Waals surface area contributed by atoms with Gasteiger partial charge in [0.2, 0.25) is 10.0 Å². The number of hydrogen-bond acceptors (Lipinski definition) is 4. The molecule has 1 amide bonds. The Balaban J connectivity index is 1.98. The van der Waals surface area contributed by atoms with Crippen LogP contribution < -0.4 is 4.80 Å². The number of amides is 1. The number of aryl methyl sites for hydroxylation is 1. The van der Waals surface area contributed by atoms with Crippen LogP contribution in [0.3, 0.4) is 0 Å². The highest BCUT2D eigenvalue weighted by Gasteiger charge is 2.22. The van der Waals surface area contributed by atoms with Gasteiger partial charge in [0.1, 0.15) is 5.82 Å². The van der Waals surface area contributed by atoms with Gasteiger partial charge in [-0.2, -0.15) is 9.30 Å². The van der Waals surface area contributed by atoms with E-state index in [4.69, 9.17) is 0 Å². The Kier molecular flexibility index (Phi) is 7.17. The number of rotatable bonds is 8. The minimum Gasteiger partial charge on any atom is -0.314 e. The Morgan fingerprint density at radius 1 is 1.16 bits per heavy atom. The predicted octanol–water partition coefficient (Wildman–Crippen LogP) is 4.10. The van der Waals surface area contributed by atoms with Crippen molar-refractivity contribution in [1.82, 2.24) is 8.87 Å². The molecule has 3 aromatic rings. The smallest absolute Gasteiger partial charge is 0.279 e. The van der Waals surface area contributed by atoms with Gasteiger partial charge < -0.3 is 4.57 Å². The number of nitrogens with zero attached hydrogens (tertiary/aromatic N) is 3. The van der Waals surface area contributed by atoms with Crippen molar-refractivity contribution in [2.75, 3.05) is 13.1 Å². The first-order valence-corrected chi connectivity index (χ1v) is 11.9. The fraction of sp³-hybridized carbons (Fsp3) is 0.182. The number of sulfonamides is 1. The summed E-state index contributed by atoms with van der Waals surface area (Å²) in [6, 6.07) is 7.35. The van der Waals surface area contributed by atoms with Crippen molar-refractivity contribution in [1.29, 1.82) is 0 Å². The van der Waals surface area contributed by atoms with Crippen molar-refractivity contribution in [2.24, 2.45) is 4.99 Å². The zero-order chi connectivity index (χ0) is 23.5. The Bertz CT molecular complexity index is 1350. The van der Waals surface area contributed by atoms with Gasteiger partial charge in [-0.25, -0.2) is 17.2 Å².